The molecule has 0 aliphatic carbocycles. The number of hydrogen-bond donors (Lipinski definition) is 0. The molecule has 0 aromatic rings. The highest BCUT2D eigenvalue weighted by Crippen LogP contribution is 2.55. The summed E-state index contributed by atoms with van der Waals surface area (Å²) in [5, 5.41) is 0. The maximum absolute atomic E-state index is 11.7. The second-order valence-electron chi connectivity index (χ2n) is 3.74. The Labute approximate surface area is 77.7 Å². The monoisotopic (exact) mass is 210 g/mol. The lowest BCUT2D eigenvalue weighted by atomic mass is 9.97. The fraction of sp³-hybridized carbons (Fsp3) is 1.00. The standard InChI is InChI=1S/C7H15O3PS/c1-7(2)4-9-11(8,6-12-3)10-5-7/h4-6H2,1-3H3. The molecule has 5 heteroatoms. The highest BCUT2D eigenvalue weighted by molar-refractivity contribution is 8.03. The molecule has 12 heavy (non-hydrogen) atoms. The Morgan fingerprint density at radius 3 is 2.33 bits per heavy atom. The van der Waals surface area contributed by atoms with Crippen LogP contribution in [0.15, 0.2) is 0 Å². The van der Waals surface area contributed by atoms with Crippen molar-refractivity contribution >= 4 is 19.4 Å². The highest BCUT2D eigenvalue weighted by atomic mass is 32.2. The molecular formula is C7H15O3PS. The van der Waals surface area contributed by atoms with E-state index in [4.69, 9.17) is 9.05 Å². The Kier molecular flexibility index (Phi) is 3.27. The van der Waals surface area contributed by atoms with E-state index in [1.807, 2.05) is 20.1 Å². The number of thioether (sulfide) groups is 1. The van der Waals surface area contributed by atoms with Crippen molar-refractivity contribution in [2.75, 3.05) is 25.0 Å². The number of hydrogen-bond acceptors (Lipinski definition) is 4. The van der Waals surface area contributed by atoms with E-state index in [0.717, 1.165) is 0 Å². The van der Waals surface area contributed by atoms with Crippen LogP contribution in [-0.2, 0) is 13.6 Å². The van der Waals surface area contributed by atoms with Crippen molar-refractivity contribution in [3.8, 4) is 0 Å². The van der Waals surface area contributed by atoms with Gasteiger partial charge in [-0.3, -0.25) is 4.57 Å². The molecule has 0 bridgehead atoms. The van der Waals surface area contributed by atoms with Gasteiger partial charge in [0.25, 0.3) is 0 Å². The van der Waals surface area contributed by atoms with Crippen molar-refractivity contribution in [3.05, 3.63) is 0 Å². The molecule has 0 radical (unpaired) electrons. The third-order valence-corrected chi connectivity index (χ3v) is 4.93. The zero-order valence-electron chi connectivity index (χ0n) is 7.70. The fourth-order valence-corrected chi connectivity index (χ4v) is 3.89. The van der Waals surface area contributed by atoms with E-state index in [1.165, 1.54) is 11.8 Å². The van der Waals surface area contributed by atoms with Gasteiger partial charge in [-0.15, -0.1) is 0 Å². The Morgan fingerprint density at radius 1 is 1.42 bits per heavy atom. The van der Waals surface area contributed by atoms with Crippen LogP contribution in [0.3, 0.4) is 0 Å². The molecule has 0 atom stereocenters. The van der Waals surface area contributed by atoms with E-state index in [1.54, 1.807) is 0 Å². The Balaban J connectivity index is 2.50. The first-order valence-corrected chi connectivity index (χ1v) is 6.97. The topological polar surface area (TPSA) is 35.5 Å². The van der Waals surface area contributed by atoms with Crippen molar-refractivity contribution in [1.29, 1.82) is 0 Å². The lowest BCUT2D eigenvalue weighted by Gasteiger charge is -2.33. The van der Waals surface area contributed by atoms with E-state index in [-0.39, 0.29) is 5.41 Å². The van der Waals surface area contributed by atoms with Crippen LogP contribution >= 0.6 is 19.4 Å². The Hall–Kier alpha value is 0.500. The van der Waals surface area contributed by atoms with Crippen LogP contribution in [0.2, 0.25) is 0 Å². The van der Waals surface area contributed by atoms with Crippen molar-refractivity contribution in [3.63, 3.8) is 0 Å². The largest absolute Gasteiger partial charge is 0.340 e. The molecule has 0 amide bonds. The van der Waals surface area contributed by atoms with Gasteiger partial charge in [0.05, 0.1) is 18.7 Å². The molecule has 1 rings (SSSR count). The predicted molar refractivity (Wildman–Crippen MR) is 51.7 cm³/mol. The summed E-state index contributed by atoms with van der Waals surface area (Å²) in [5.74, 6) is 0. The van der Waals surface area contributed by atoms with E-state index in [9.17, 15) is 4.57 Å². The predicted octanol–water partition coefficient (Wildman–Crippen LogP) is 2.57. The van der Waals surface area contributed by atoms with Gasteiger partial charge in [-0.1, -0.05) is 13.8 Å². The van der Waals surface area contributed by atoms with E-state index in [2.05, 4.69) is 0 Å². The molecular weight excluding hydrogens is 195 g/mol. The summed E-state index contributed by atoms with van der Waals surface area (Å²) in [6, 6.07) is 0. The zero-order chi connectivity index (χ0) is 9.24. The van der Waals surface area contributed by atoms with E-state index in [0.29, 0.717) is 18.7 Å². The summed E-state index contributed by atoms with van der Waals surface area (Å²) >= 11 is 1.49. The maximum atomic E-state index is 11.7. The van der Waals surface area contributed by atoms with Gasteiger partial charge in [0.1, 0.15) is 0 Å². The molecule has 0 aromatic heterocycles. The summed E-state index contributed by atoms with van der Waals surface area (Å²) in [7, 11) is -2.73. The second kappa shape index (κ2) is 3.70. The fourth-order valence-electron chi connectivity index (χ4n) is 0.858. The SMILES string of the molecule is CSCP1(=O)OCC(C)(C)CO1. The zero-order valence-corrected chi connectivity index (χ0v) is 9.41. The van der Waals surface area contributed by atoms with Gasteiger partial charge in [0.2, 0.25) is 0 Å². The molecule has 72 valence electrons. The first-order valence-electron chi connectivity index (χ1n) is 3.85. The van der Waals surface area contributed by atoms with Gasteiger partial charge in [0.15, 0.2) is 0 Å². The van der Waals surface area contributed by atoms with Gasteiger partial charge in [0, 0.05) is 5.41 Å². The average Bonchev–Trinajstić information content (AvgIpc) is 1.98. The van der Waals surface area contributed by atoms with E-state index >= 15 is 0 Å². The third kappa shape index (κ3) is 2.77. The molecule has 1 saturated heterocycles. The minimum absolute atomic E-state index is 0.00627. The molecule has 1 heterocycles. The first-order chi connectivity index (χ1) is 5.47. The van der Waals surface area contributed by atoms with Crippen molar-refractivity contribution in [1.82, 2.24) is 0 Å². The molecule has 0 unspecified atom stereocenters. The highest BCUT2D eigenvalue weighted by Gasteiger charge is 2.35. The molecule has 1 fully saturated rings. The summed E-state index contributed by atoms with van der Waals surface area (Å²) in [6.07, 6.45) is 1.89. The van der Waals surface area contributed by atoms with Crippen LogP contribution in [0.25, 0.3) is 0 Å². The van der Waals surface area contributed by atoms with Crippen molar-refractivity contribution in [2.24, 2.45) is 5.41 Å². The van der Waals surface area contributed by atoms with Gasteiger partial charge < -0.3 is 9.05 Å². The maximum Gasteiger partial charge on any atom is 0.340 e. The summed E-state index contributed by atoms with van der Waals surface area (Å²) < 4.78 is 22.1. The molecule has 0 N–H and O–H groups in total. The lowest BCUT2D eigenvalue weighted by Crippen LogP contribution is -2.29. The molecule has 0 spiro atoms. The lowest BCUT2D eigenvalue weighted by molar-refractivity contribution is 0.0433. The normalized spacial score (nSPS) is 26.9. The smallest absolute Gasteiger partial charge is 0.307 e. The van der Waals surface area contributed by atoms with Gasteiger partial charge >= 0.3 is 7.60 Å². The van der Waals surface area contributed by atoms with Crippen molar-refractivity contribution < 1.29 is 13.6 Å². The summed E-state index contributed by atoms with van der Waals surface area (Å²) in [6.45, 7) is 5.14. The van der Waals surface area contributed by atoms with E-state index < -0.39 is 7.60 Å². The first kappa shape index (κ1) is 10.6. The average molecular weight is 210 g/mol. The quantitative estimate of drug-likeness (QED) is 0.656. The van der Waals surface area contributed by atoms with Crippen LogP contribution in [0.4, 0.5) is 0 Å². The van der Waals surface area contributed by atoms with Crippen LogP contribution in [-0.4, -0.2) is 25.0 Å². The second-order valence-corrected chi connectivity index (χ2v) is 7.09. The van der Waals surface area contributed by atoms with Gasteiger partial charge in [-0.05, 0) is 6.26 Å². The van der Waals surface area contributed by atoms with Gasteiger partial charge in [-0.25, -0.2) is 0 Å². The minimum atomic E-state index is -2.73. The minimum Gasteiger partial charge on any atom is -0.307 e. The number of rotatable bonds is 2. The molecule has 1 aliphatic heterocycles. The summed E-state index contributed by atoms with van der Waals surface area (Å²) in [5.41, 5.74) is 0.468. The van der Waals surface area contributed by atoms with Crippen LogP contribution in [0.5, 0.6) is 0 Å². The molecule has 0 aromatic carbocycles. The molecule has 3 nitrogen and oxygen atoms in total. The van der Waals surface area contributed by atoms with Crippen LogP contribution in [0, 0.1) is 5.41 Å². The van der Waals surface area contributed by atoms with Gasteiger partial charge in [-0.2, -0.15) is 11.8 Å². The Morgan fingerprint density at radius 2 is 1.92 bits per heavy atom. The Bertz CT molecular complexity index is 191. The third-order valence-electron chi connectivity index (χ3n) is 1.59. The summed E-state index contributed by atoms with van der Waals surface area (Å²) in [4.78, 5) is 0. The van der Waals surface area contributed by atoms with Crippen LogP contribution < -0.4 is 0 Å². The molecule has 1 aliphatic rings. The molecule has 0 saturated carbocycles. The van der Waals surface area contributed by atoms with Crippen LogP contribution in [0.1, 0.15) is 13.8 Å². The van der Waals surface area contributed by atoms with Crippen molar-refractivity contribution in [2.45, 2.75) is 13.8 Å².